The molecule has 4 nitrogen and oxygen atoms in total. The maximum Gasteiger partial charge on any atom is 0.270 e. The Labute approximate surface area is 368 Å². The van der Waals surface area contributed by atoms with Crippen molar-refractivity contribution in [1.29, 1.82) is 10.5 Å². The smallest absolute Gasteiger partial charge is 0.226 e. The van der Waals surface area contributed by atoms with E-state index in [0.29, 0.717) is 11.1 Å². The summed E-state index contributed by atoms with van der Waals surface area (Å²) in [6.45, 7) is 38.2. The summed E-state index contributed by atoms with van der Waals surface area (Å²) in [6.07, 6.45) is 0. The highest BCUT2D eigenvalue weighted by atomic mass is 32.1. The van der Waals surface area contributed by atoms with Crippen molar-refractivity contribution in [2.24, 2.45) is 0 Å². The summed E-state index contributed by atoms with van der Waals surface area (Å²) in [7, 11) is 0. The zero-order valence-corrected chi connectivity index (χ0v) is 38.3. The van der Waals surface area contributed by atoms with E-state index >= 15 is 0 Å². The number of fused-ring (bicyclic) bond motifs is 6. The van der Waals surface area contributed by atoms with Crippen molar-refractivity contribution in [3.8, 4) is 74.8 Å². The zero-order valence-electron chi connectivity index (χ0n) is 35.0. The number of hydrogen-bond acceptors (Lipinski definition) is 6. The summed E-state index contributed by atoms with van der Waals surface area (Å²) in [4.78, 5) is 17.8. The standard InChI is InChI=1S/C52H38N4S4/c1-23-25(3)49(57-31(23)9)51-29(7)27(5)47(59-51)33-13-15-35-37-19-42-38(20-41(37)45(39(35)17-33)43(21-53)55-11)36-16-14-34(18-40(36)46(42)44(22-54)56-12)48-28(6)30(8)52(60-48)50-26(4)24(2)32(10)58-50/h13-20H,1-10H3/b45-43-,46-44+. The fourth-order valence-electron chi connectivity index (χ4n) is 8.88. The van der Waals surface area contributed by atoms with E-state index in [-0.39, 0.29) is 11.4 Å². The van der Waals surface area contributed by atoms with Crippen LogP contribution < -0.4 is 0 Å². The van der Waals surface area contributed by atoms with Crippen LogP contribution in [-0.2, 0) is 0 Å². The molecule has 3 aromatic carbocycles. The van der Waals surface area contributed by atoms with Crippen molar-refractivity contribution in [3.63, 3.8) is 0 Å². The van der Waals surface area contributed by atoms with E-state index in [1.165, 1.54) is 83.5 Å². The van der Waals surface area contributed by atoms with Crippen molar-refractivity contribution in [2.75, 3.05) is 0 Å². The highest BCUT2D eigenvalue weighted by molar-refractivity contribution is 7.25. The van der Waals surface area contributed by atoms with Crippen LogP contribution >= 0.6 is 45.3 Å². The summed E-state index contributed by atoms with van der Waals surface area (Å²) < 4.78 is 0. The number of benzene rings is 3. The normalized spacial score (nSPS) is 13.8. The van der Waals surface area contributed by atoms with E-state index in [0.717, 1.165) is 55.6 Å². The number of allylic oxidation sites excluding steroid dienone is 2. The average Bonchev–Trinajstić information content (AvgIpc) is 4.04. The topological polar surface area (TPSA) is 56.3 Å². The fraction of sp³-hybridized carbons (Fsp3) is 0.192. The minimum atomic E-state index is 0.0425. The van der Waals surface area contributed by atoms with Crippen LogP contribution in [0.25, 0.3) is 83.5 Å². The Hall–Kier alpha value is -6.10. The molecule has 4 heterocycles. The minimum Gasteiger partial charge on any atom is -0.226 e. The van der Waals surface area contributed by atoms with Gasteiger partial charge in [0.05, 0.1) is 25.3 Å². The molecular formula is C52H38N4S4. The summed E-state index contributed by atoms with van der Waals surface area (Å²) in [5, 5.41) is 20.8. The van der Waals surface area contributed by atoms with Crippen LogP contribution in [0.4, 0.5) is 0 Å². The lowest BCUT2D eigenvalue weighted by molar-refractivity contribution is 1.35. The van der Waals surface area contributed by atoms with Crippen LogP contribution in [0.1, 0.15) is 76.5 Å². The van der Waals surface area contributed by atoms with Gasteiger partial charge in [-0.15, -0.1) is 45.3 Å². The largest absolute Gasteiger partial charge is 0.270 e. The monoisotopic (exact) mass is 846 g/mol. The Kier molecular flexibility index (Phi) is 9.37. The molecule has 2 aliphatic carbocycles. The summed E-state index contributed by atoms with van der Waals surface area (Å²) in [5.74, 6) is 0. The second-order valence-corrected chi connectivity index (χ2v) is 20.3. The molecule has 0 spiro atoms. The lowest BCUT2D eigenvalue weighted by atomic mass is 9.95. The fourth-order valence-corrected chi connectivity index (χ4v) is 14.3. The molecule has 2 aliphatic rings. The van der Waals surface area contributed by atoms with Gasteiger partial charge >= 0.3 is 0 Å². The predicted molar refractivity (Wildman–Crippen MR) is 254 cm³/mol. The molecule has 0 saturated heterocycles. The van der Waals surface area contributed by atoms with Crippen molar-refractivity contribution < 1.29 is 0 Å². The molecule has 4 aromatic heterocycles. The Balaban J connectivity index is 1.21. The molecule has 7 aromatic rings. The van der Waals surface area contributed by atoms with E-state index in [2.05, 4.69) is 140 Å². The van der Waals surface area contributed by atoms with Crippen LogP contribution in [0, 0.1) is 105 Å². The highest BCUT2D eigenvalue weighted by Crippen LogP contribution is 2.56. The predicted octanol–water partition coefficient (Wildman–Crippen LogP) is 16.1. The Morgan fingerprint density at radius 1 is 0.400 bits per heavy atom. The quantitative estimate of drug-likeness (QED) is 0.131. The molecular weight excluding hydrogens is 809 g/mol. The Bertz CT molecular complexity index is 3100. The Morgan fingerprint density at radius 3 is 1.03 bits per heavy atom. The van der Waals surface area contributed by atoms with Gasteiger partial charge in [-0.1, -0.05) is 24.3 Å². The van der Waals surface area contributed by atoms with E-state index in [4.69, 9.17) is 13.1 Å². The second-order valence-electron chi connectivity index (χ2n) is 15.9. The molecule has 0 saturated carbocycles. The SMILES string of the molecule is [C-]#[N+]/C(C#N)=C1/c2cc(-c3sc(-c4sc(C)c(C)c4C)c(C)c3C)ccc2-c2cc3c(cc21)-c1ccc(-c2sc(-c4sc(C)c(C)c4C)c(C)c2C)cc1/C3=C(/C#N)[N+]#[C-]. The highest BCUT2D eigenvalue weighted by Gasteiger charge is 2.34. The van der Waals surface area contributed by atoms with Crippen molar-refractivity contribution >= 4 is 56.5 Å². The number of hydrogen-bond donors (Lipinski definition) is 0. The maximum absolute atomic E-state index is 10.4. The van der Waals surface area contributed by atoms with Crippen molar-refractivity contribution in [3.05, 3.63) is 159 Å². The molecule has 0 bridgehead atoms. The first-order chi connectivity index (χ1) is 28.7. The first-order valence-corrected chi connectivity index (χ1v) is 22.9. The third-order valence-corrected chi connectivity index (χ3v) is 18.8. The number of rotatable bonds is 4. The molecule has 0 atom stereocenters. The van der Waals surface area contributed by atoms with E-state index in [1.807, 2.05) is 22.7 Å². The first kappa shape index (κ1) is 39.4. The lowest BCUT2D eigenvalue weighted by Crippen LogP contribution is -1.90. The van der Waals surface area contributed by atoms with Crippen LogP contribution in [-0.4, -0.2) is 0 Å². The van der Waals surface area contributed by atoms with Crippen molar-refractivity contribution in [1.82, 2.24) is 0 Å². The molecule has 9 rings (SSSR count). The number of aryl methyl sites for hydroxylation is 2. The van der Waals surface area contributed by atoms with Gasteiger partial charge in [0.1, 0.15) is 0 Å². The third-order valence-electron chi connectivity index (χ3n) is 13.0. The number of nitrogens with zero attached hydrogens (tertiary/aromatic N) is 4. The summed E-state index contributed by atoms with van der Waals surface area (Å²) in [5.41, 5.74) is 20.8. The van der Waals surface area contributed by atoms with Gasteiger partial charge in [0.2, 0.25) is 0 Å². The molecule has 0 N–H and O–H groups in total. The van der Waals surface area contributed by atoms with Gasteiger partial charge in [-0.25, -0.2) is 20.2 Å². The molecule has 0 radical (unpaired) electrons. The van der Waals surface area contributed by atoms with Crippen LogP contribution in [0.2, 0.25) is 0 Å². The van der Waals surface area contributed by atoms with Crippen LogP contribution in [0.3, 0.4) is 0 Å². The van der Waals surface area contributed by atoms with E-state index < -0.39 is 0 Å². The maximum atomic E-state index is 10.4. The van der Waals surface area contributed by atoms with Crippen molar-refractivity contribution in [2.45, 2.75) is 69.2 Å². The van der Waals surface area contributed by atoms with E-state index in [1.54, 1.807) is 22.7 Å². The molecule has 60 heavy (non-hydrogen) atoms. The van der Waals surface area contributed by atoms with E-state index in [9.17, 15) is 10.5 Å². The molecule has 0 aliphatic heterocycles. The van der Waals surface area contributed by atoms with Crippen LogP contribution in [0.15, 0.2) is 59.9 Å². The average molecular weight is 847 g/mol. The lowest BCUT2D eigenvalue weighted by Gasteiger charge is -2.09. The van der Waals surface area contributed by atoms with Gasteiger partial charge in [0, 0.05) is 50.2 Å². The molecule has 8 heteroatoms. The van der Waals surface area contributed by atoms with Gasteiger partial charge in [-0.05, 0) is 194 Å². The Morgan fingerprint density at radius 2 is 0.717 bits per heavy atom. The van der Waals surface area contributed by atoms with Gasteiger partial charge in [0.25, 0.3) is 11.4 Å². The second kappa shape index (κ2) is 14.3. The number of thiophene rings is 4. The summed E-state index contributed by atoms with van der Waals surface area (Å²) in [6, 6.07) is 21.4. The zero-order chi connectivity index (χ0) is 42.6. The molecule has 290 valence electrons. The molecule has 0 fully saturated rings. The summed E-state index contributed by atoms with van der Waals surface area (Å²) >= 11 is 7.32. The molecule has 0 amide bonds. The number of nitriles is 2. The first-order valence-electron chi connectivity index (χ1n) is 19.6. The third kappa shape index (κ3) is 5.53. The van der Waals surface area contributed by atoms with Crippen LogP contribution in [0.5, 0.6) is 0 Å². The minimum absolute atomic E-state index is 0.0425. The molecule has 0 unspecified atom stereocenters. The van der Waals surface area contributed by atoms with Gasteiger partial charge in [-0.2, -0.15) is 0 Å². The van der Waals surface area contributed by atoms with Gasteiger partial charge in [0.15, 0.2) is 0 Å². The van der Waals surface area contributed by atoms with Gasteiger partial charge < -0.3 is 0 Å². The van der Waals surface area contributed by atoms with Gasteiger partial charge in [-0.3, -0.25) is 0 Å².